The second kappa shape index (κ2) is 9.02. The number of rotatable bonds is 6. The summed E-state index contributed by atoms with van der Waals surface area (Å²) in [5.74, 6) is 3.03. The fourth-order valence-corrected chi connectivity index (χ4v) is 5.01. The summed E-state index contributed by atoms with van der Waals surface area (Å²) >= 11 is 0. The van der Waals surface area contributed by atoms with Crippen LogP contribution in [0.25, 0.3) is 11.4 Å². The van der Waals surface area contributed by atoms with Crippen LogP contribution in [0.15, 0.2) is 48.8 Å². The molecule has 0 radical (unpaired) electrons. The third-order valence-corrected chi connectivity index (χ3v) is 6.80. The minimum Gasteiger partial charge on any atom is -0.353 e. The average molecular weight is 479 g/mol. The van der Waals surface area contributed by atoms with Crippen molar-refractivity contribution in [1.29, 1.82) is 5.26 Å². The molecular weight excluding hydrogens is 452 g/mol. The molecule has 0 spiro atoms. The Morgan fingerprint density at radius 2 is 1.89 bits per heavy atom. The molecule has 0 aromatic carbocycles. The van der Waals surface area contributed by atoms with Gasteiger partial charge >= 0.3 is 0 Å². The number of pyridine rings is 2. The van der Waals surface area contributed by atoms with Crippen LogP contribution < -0.4 is 10.2 Å². The monoisotopic (exact) mass is 478 g/mol. The summed E-state index contributed by atoms with van der Waals surface area (Å²) in [4.78, 5) is 23.1. The van der Waals surface area contributed by atoms with Gasteiger partial charge in [0.05, 0.1) is 0 Å². The van der Waals surface area contributed by atoms with Gasteiger partial charge in [-0.3, -0.25) is 10.00 Å². The summed E-state index contributed by atoms with van der Waals surface area (Å²) in [5, 5.41) is 19.3. The van der Waals surface area contributed by atoms with Crippen molar-refractivity contribution in [2.75, 3.05) is 23.3 Å². The van der Waals surface area contributed by atoms with Gasteiger partial charge in [0.1, 0.15) is 23.4 Å². The van der Waals surface area contributed by atoms with Crippen LogP contribution in [-0.2, 0) is 6.54 Å². The van der Waals surface area contributed by atoms with E-state index in [1.807, 2.05) is 50.5 Å². The van der Waals surface area contributed by atoms with E-state index in [0.717, 1.165) is 53.8 Å². The zero-order valence-electron chi connectivity index (χ0n) is 20.2. The fraction of sp³-hybridized carbons (Fsp3) is 0.308. The highest BCUT2D eigenvalue weighted by Gasteiger charge is 2.44. The molecule has 2 unspecified atom stereocenters. The molecule has 0 amide bonds. The number of nitrogens with one attached hydrogen (secondary N) is 2. The smallest absolute Gasteiger partial charge is 0.163 e. The largest absolute Gasteiger partial charge is 0.353 e. The van der Waals surface area contributed by atoms with Gasteiger partial charge in [0.25, 0.3) is 0 Å². The average Bonchev–Trinajstić information content (AvgIpc) is 3.31. The third kappa shape index (κ3) is 4.36. The van der Waals surface area contributed by atoms with E-state index in [9.17, 15) is 0 Å². The van der Waals surface area contributed by atoms with Crippen LogP contribution in [0, 0.1) is 25.2 Å². The number of nitrogens with zero attached hydrogens (tertiary/aromatic N) is 8. The first-order chi connectivity index (χ1) is 17.5. The zero-order valence-corrected chi connectivity index (χ0v) is 20.2. The highest BCUT2D eigenvalue weighted by atomic mass is 15.4. The molecule has 3 aliphatic heterocycles. The van der Waals surface area contributed by atoms with Crippen molar-refractivity contribution in [3.63, 3.8) is 0 Å². The SMILES string of the molecule is Cc1cc(Nc2cc(C)[nH]n2)nc(-c2ccc(N3CC4CC(C3)N4Cc3ccc(C#N)nc3)nc2)n1. The molecule has 10 nitrogen and oxygen atoms in total. The van der Waals surface area contributed by atoms with Crippen molar-refractivity contribution >= 4 is 17.5 Å². The zero-order chi connectivity index (χ0) is 24.6. The van der Waals surface area contributed by atoms with Gasteiger partial charge in [0.15, 0.2) is 11.6 Å². The molecule has 4 aromatic heterocycles. The van der Waals surface area contributed by atoms with Crippen LogP contribution in [0.1, 0.15) is 29.1 Å². The number of H-pyrrole nitrogens is 1. The molecule has 36 heavy (non-hydrogen) atoms. The molecule has 3 fully saturated rings. The minimum atomic E-state index is 0.458. The molecule has 7 rings (SSSR count). The number of anilines is 3. The molecule has 3 saturated heterocycles. The number of nitriles is 1. The van der Waals surface area contributed by atoms with E-state index in [-0.39, 0.29) is 0 Å². The Bertz CT molecular complexity index is 1410. The summed E-state index contributed by atoms with van der Waals surface area (Å²) in [6.07, 6.45) is 4.88. The second-order valence-electron chi connectivity index (χ2n) is 9.47. The number of aromatic amines is 1. The molecule has 4 aromatic rings. The standard InChI is InChI=1S/C26H26N10/c1-16-7-23(31-24-8-17(2)33-34-24)32-26(30-16)19-4-6-25(29-12-19)35-14-21-9-22(15-35)36(21)13-18-3-5-20(10-27)28-11-18/h3-8,11-12,21-22H,9,13-15H2,1-2H3,(H2,30,31,32,33,34). The van der Waals surface area contributed by atoms with E-state index in [4.69, 9.17) is 10.2 Å². The van der Waals surface area contributed by atoms with Gasteiger partial charge in [-0.05, 0) is 44.0 Å². The quantitative estimate of drug-likeness (QED) is 0.429. The highest BCUT2D eigenvalue weighted by molar-refractivity contribution is 5.61. The first-order valence-corrected chi connectivity index (χ1v) is 12.0. The van der Waals surface area contributed by atoms with Gasteiger partial charge in [0.2, 0.25) is 0 Å². The Morgan fingerprint density at radius 1 is 1.03 bits per heavy atom. The highest BCUT2D eigenvalue weighted by Crippen LogP contribution is 2.35. The maximum atomic E-state index is 8.95. The molecule has 2 N–H and O–H groups in total. The van der Waals surface area contributed by atoms with Crippen molar-refractivity contribution in [2.24, 2.45) is 0 Å². The second-order valence-corrected chi connectivity index (χ2v) is 9.47. The van der Waals surface area contributed by atoms with Gasteiger partial charge in [-0.2, -0.15) is 10.4 Å². The van der Waals surface area contributed by atoms with Crippen LogP contribution in [0.3, 0.4) is 0 Å². The molecule has 180 valence electrons. The first-order valence-electron chi connectivity index (χ1n) is 12.0. The fourth-order valence-electron chi connectivity index (χ4n) is 5.01. The number of aryl methyl sites for hydroxylation is 2. The van der Waals surface area contributed by atoms with E-state index >= 15 is 0 Å². The number of piperidine rings is 1. The van der Waals surface area contributed by atoms with Gasteiger partial charge in [0, 0.05) is 73.2 Å². The minimum absolute atomic E-state index is 0.458. The lowest BCUT2D eigenvalue weighted by Crippen LogP contribution is -2.68. The van der Waals surface area contributed by atoms with E-state index in [0.29, 0.717) is 29.4 Å². The van der Waals surface area contributed by atoms with Crippen molar-refractivity contribution in [3.8, 4) is 17.5 Å². The summed E-state index contributed by atoms with van der Waals surface area (Å²) in [6.45, 7) is 6.67. The number of fused-ring (bicyclic) bond motifs is 2. The molecule has 0 saturated carbocycles. The maximum Gasteiger partial charge on any atom is 0.163 e. The number of aromatic nitrogens is 6. The van der Waals surface area contributed by atoms with Crippen LogP contribution in [-0.4, -0.2) is 60.2 Å². The van der Waals surface area contributed by atoms with Crippen molar-refractivity contribution in [3.05, 3.63) is 71.4 Å². The molecule has 2 bridgehead atoms. The molecule has 2 atom stereocenters. The van der Waals surface area contributed by atoms with Crippen LogP contribution in [0.4, 0.5) is 17.5 Å². The van der Waals surface area contributed by atoms with E-state index in [1.54, 1.807) is 6.07 Å². The van der Waals surface area contributed by atoms with Crippen molar-refractivity contribution < 1.29 is 0 Å². The van der Waals surface area contributed by atoms with E-state index < -0.39 is 0 Å². The van der Waals surface area contributed by atoms with Crippen LogP contribution in [0.2, 0.25) is 0 Å². The lowest BCUT2D eigenvalue weighted by atomic mass is 9.87. The summed E-state index contributed by atoms with van der Waals surface area (Å²) in [7, 11) is 0. The molecular formula is C26H26N10. The lowest BCUT2D eigenvalue weighted by molar-refractivity contribution is -0.00875. The third-order valence-electron chi connectivity index (χ3n) is 6.80. The van der Waals surface area contributed by atoms with Gasteiger partial charge in [-0.15, -0.1) is 0 Å². The Labute approximate surface area is 209 Å². The van der Waals surface area contributed by atoms with Gasteiger partial charge in [-0.1, -0.05) is 6.07 Å². The first kappa shape index (κ1) is 22.1. The number of hydrogen-bond acceptors (Lipinski definition) is 9. The van der Waals surface area contributed by atoms with Crippen LogP contribution in [0.5, 0.6) is 0 Å². The van der Waals surface area contributed by atoms with Crippen molar-refractivity contribution in [1.82, 2.24) is 35.0 Å². The normalized spacial score (nSPS) is 19.0. The maximum absolute atomic E-state index is 8.95. The van der Waals surface area contributed by atoms with Crippen molar-refractivity contribution in [2.45, 2.75) is 38.9 Å². The molecule has 10 heteroatoms. The predicted octanol–water partition coefficient (Wildman–Crippen LogP) is 3.35. The van der Waals surface area contributed by atoms with E-state index in [1.165, 1.54) is 6.42 Å². The topological polar surface area (TPSA) is 123 Å². The molecule has 3 aliphatic rings. The number of piperazine rings is 1. The van der Waals surface area contributed by atoms with Crippen LogP contribution >= 0.6 is 0 Å². The number of hydrogen-bond donors (Lipinski definition) is 2. The van der Waals surface area contributed by atoms with E-state index in [2.05, 4.69) is 52.4 Å². The molecule has 0 aliphatic carbocycles. The summed E-state index contributed by atoms with van der Waals surface area (Å²) in [6, 6.07) is 14.8. The Hall–Kier alpha value is -4.36. The Balaban J connectivity index is 1.12. The summed E-state index contributed by atoms with van der Waals surface area (Å²) in [5.41, 5.74) is 4.33. The Kier molecular flexibility index (Phi) is 5.54. The predicted molar refractivity (Wildman–Crippen MR) is 136 cm³/mol. The molecule has 7 heterocycles. The van der Waals surface area contributed by atoms with Gasteiger partial charge in [-0.25, -0.2) is 19.9 Å². The Morgan fingerprint density at radius 3 is 2.56 bits per heavy atom. The summed E-state index contributed by atoms with van der Waals surface area (Å²) < 4.78 is 0. The van der Waals surface area contributed by atoms with Gasteiger partial charge < -0.3 is 10.2 Å². The lowest BCUT2D eigenvalue weighted by Gasteiger charge is -2.56.